The molecule has 0 bridgehead atoms. The third-order valence-corrected chi connectivity index (χ3v) is 5.65. The third kappa shape index (κ3) is 2.71. The highest BCUT2D eigenvalue weighted by molar-refractivity contribution is 5.85. The molecule has 1 N–H and O–H groups in total. The Morgan fingerprint density at radius 1 is 0.857 bits per heavy atom. The minimum Gasteiger partial charge on any atom is -0.325 e. The second-order valence-electron chi connectivity index (χ2n) is 7.66. The van der Waals surface area contributed by atoms with Crippen molar-refractivity contribution in [2.75, 3.05) is 5.32 Å². The summed E-state index contributed by atoms with van der Waals surface area (Å²) in [5.74, 6) is 0.892. The molecule has 3 aromatic carbocycles. The van der Waals surface area contributed by atoms with E-state index in [0.717, 1.165) is 22.7 Å². The first-order valence-corrected chi connectivity index (χ1v) is 9.70. The molecule has 1 aliphatic rings. The van der Waals surface area contributed by atoms with Crippen LogP contribution in [0.25, 0.3) is 16.7 Å². The van der Waals surface area contributed by atoms with Crippen molar-refractivity contribution in [1.82, 2.24) is 9.55 Å². The molecular formula is C25H23N3. The van der Waals surface area contributed by atoms with E-state index >= 15 is 0 Å². The lowest BCUT2D eigenvalue weighted by Gasteiger charge is -2.27. The Labute approximate surface area is 165 Å². The van der Waals surface area contributed by atoms with Crippen LogP contribution in [0.3, 0.4) is 0 Å². The van der Waals surface area contributed by atoms with Gasteiger partial charge in [-0.2, -0.15) is 0 Å². The number of aromatic nitrogens is 2. The maximum absolute atomic E-state index is 4.88. The van der Waals surface area contributed by atoms with Gasteiger partial charge in [-0.15, -0.1) is 0 Å². The largest absolute Gasteiger partial charge is 0.325 e. The number of anilines is 1. The number of benzene rings is 3. The van der Waals surface area contributed by atoms with E-state index in [1.807, 2.05) is 6.07 Å². The van der Waals surface area contributed by atoms with E-state index in [4.69, 9.17) is 4.98 Å². The minimum absolute atomic E-state index is 0.0974. The maximum Gasteiger partial charge on any atom is 0.209 e. The number of nitrogens with zero attached hydrogens (tertiary/aromatic N) is 2. The summed E-state index contributed by atoms with van der Waals surface area (Å²) in [7, 11) is 0. The molecule has 4 aromatic rings. The Kier molecular flexibility index (Phi) is 3.83. The van der Waals surface area contributed by atoms with E-state index in [1.165, 1.54) is 27.8 Å². The van der Waals surface area contributed by atoms with Crippen molar-refractivity contribution < 1.29 is 0 Å². The molecular weight excluding hydrogens is 342 g/mol. The van der Waals surface area contributed by atoms with E-state index < -0.39 is 0 Å². The van der Waals surface area contributed by atoms with Crippen LogP contribution in [0.2, 0.25) is 0 Å². The monoisotopic (exact) mass is 365 g/mol. The van der Waals surface area contributed by atoms with Crippen molar-refractivity contribution in [3.8, 4) is 0 Å². The zero-order valence-electron chi connectivity index (χ0n) is 16.4. The Bertz CT molecular complexity index is 1230. The molecule has 0 amide bonds. The van der Waals surface area contributed by atoms with Gasteiger partial charge in [0.25, 0.3) is 0 Å². The molecule has 0 aliphatic carbocycles. The molecule has 0 radical (unpaired) electrons. The predicted octanol–water partition coefficient (Wildman–Crippen LogP) is 6.02. The number of para-hydroxylation sites is 2. The van der Waals surface area contributed by atoms with Gasteiger partial charge in [0.1, 0.15) is 0 Å². The molecule has 0 saturated carbocycles. The molecule has 0 spiro atoms. The Balaban J connectivity index is 1.72. The van der Waals surface area contributed by atoms with Crippen LogP contribution in [0, 0.1) is 20.8 Å². The SMILES string of the molecule is Cc1cccc([C@@H]2C=C(c3ccc(C)c(C)c3)Nc3nc4ccccc4n32)c1. The van der Waals surface area contributed by atoms with Crippen LogP contribution in [0.1, 0.15) is 33.9 Å². The topological polar surface area (TPSA) is 29.9 Å². The summed E-state index contributed by atoms with van der Waals surface area (Å²) in [5.41, 5.74) is 9.60. The zero-order valence-corrected chi connectivity index (χ0v) is 16.4. The molecule has 3 nitrogen and oxygen atoms in total. The number of allylic oxidation sites excluding steroid dienone is 1. The number of rotatable bonds is 2. The summed E-state index contributed by atoms with van der Waals surface area (Å²) in [6.07, 6.45) is 2.32. The second-order valence-corrected chi connectivity index (χ2v) is 7.66. The van der Waals surface area contributed by atoms with Crippen LogP contribution in [-0.2, 0) is 0 Å². The summed E-state index contributed by atoms with van der Waals surface area (Å²) < 4.78 is 2.30. The van der Waals surface area contributed by atoms with Crippen molar-refractivity contribution in [2.24, 2.45) is 0 Å². The van der Waals surface area contributed by atoms with Crippen LogP contribution in [0.5, 0.6) is 0 Å². The van der Waals surface area contributed by atoms with E-state index in [-0.39, 0.29) is 6.04 Å². The van der Waals surface area contributed by atoms with Crippen LogP contribution in [-0.4, -0.2) is 9.55 Å². The number of nitrogens with one attached hydrogen (secondary N) is 1. The first-order valence-electron chi connectivity index (χ1n) is 9.70. The molecule has 2 heterocycles. The smallest absolute Gasteiger partial charge is 0.209 e. The number of fused-ring (bicyclic) bond motifs is 3. The molecule has 0 fully saturated rings. The van der Waals surface area contributed by atoms with Gasteiger partial charge in [0.05, 0.1) is 17.1 Å². The van der Waals surface area contributed by atoms with Gasteiger partial charge in [0.15, 0.2) is 0 Å². The van der Waals surface area contributed by atoms with Gasteiger partial charge < -0.3 is 5.32 Å². The average Bonchev–Trinajstić information content (AvgIpc) is 3.08. The third-order valence-electron chi connectivity index (χ3n) is 5.65. The molecule has 3 heteroatoms. The standard InChI is InChI=1S/C25H23N3/c1-16-7-6-8-20(13-16)24-15-22(19-12-11-17(2)18(3)14-19)27-25-26-21-9-4-5-10-23(21)28(24)25/h4-15,24H,1-3H3,(H,26,27)/t24-/m0/s1. The summed E-state index contributed by atoms with van der Waals surface area (Å²) in [6, 6.07) is 23.8. The second kappa shape index (κ2) is 6.38. The van der Waals surface area contributed by atoms with Crippen molar-refractivity contribution in [3.63, 3.8) is 0 Å². The quantitative estimate of drug-likeness (QED) is 0.471. The molecule has 138 valence electrons. The lowest BCUT2D eigenvalue weighted by atomic mass is 9.98. The first kappa shape index (κ1) is 16.8. The summed E-state index contributed by atoms with van der Waals surface area (Å²) >= 11 is 0. The van der Waals surface area contributed by atoms with E-state index in [0.29, 0.717) is 0 Å². The van der Waals surface area contributed by atoms with Crippen LogP contribution in [0.15, 0.2) is 72.8 Å². The van der Waals surface area contributed by atoms with Gasteiger partial charge in [0, 0.05) is 5.70 Å². The van der Waals surface area contributed by atoms with Gasteiger partial charge in [-0.25, -0.2) is 4.98 Å². The van der Waals surface area contributed by atoms with Gasteiger partial charge in [-0.3, -0.25) is 4.57 Å². The highest BCUT2D eigenvalue weighted by Crippen LogP contribution is 2.37. The highest BCUT2D eigenvalue weighted by Gasteiger charge is 2.25. The normalized spacial score (nSPS) is 15.8. The van der Waals surface area contributed by atoms with Crippen LogP contribution < -0.4 is 5.32 Å². The number of imidazole rings is 1. The number of hydrogen-bond donors (Lipinski definition) is 1. The Morgan fingerprint density at radius 2 is 1.71 bits per heavy atom. The van der Waals surface area contributed by atoms with Crippen LogP contribution >= 0.6 is 0 Å². The zero-order chi connectivity index (χ0) is 19.3. The molecule has 5 rings (SSSR count). The molecule has 1 aliphatic heterocycles. The molecule has 1 aromatic heterocycles. The van der Waals surface area contributed by atoms with Crippen molar-refractivity contribution in [3.05, 3.63) is 101 Å². The lowest BCUT2D eigenvalue weighted by molar-refractivity contribution is 0.720. The first-order chi connectivity index (χ1) is 13.6. The van der Waals surface area contributed by atoms with Crippen molar-refractivity contribution >= 4 is 22.7 Å². The van der Waals surface area contributed by atoms with Crippen molar-refractivity contribution in [2.45, 2.75) is 26.8 Å². The predicted molar refractivity (Wildman–Crippen MR) is 117 cm³/mol. The van der Waals surface area contributed by atoms with Gasteiger partial charge in [-0.1, -0.05) is 54.1 Å². The molecule has 0 unspecified atom stereocenters. The fourth-order valence-electron chi connectivity index (χ4n) is 3.99. The van der Waals surface area contributed by atoms with E-state index in [1.54, 1.807) is 0 Å². The Morgan fingerprint density at radius 3 is 2.54 bits per heavy atom. The fraction of sp³-hybridized carbons (Fsp3) is 0.160. The number of hydrogen-bond acceptors (Lipinski definition) is 2. The molecule has 28 heavy (non-hydrogen) atoms. The lowest BCUT2D eigenvalue weighted by Crippen LogP contribution is -2.19. The summed E-state index contributed by atoms with van der Waals surface area (Å²) in [4.78, 5) is 4.88. The molecule has 1 atom stereocenters. The number of aryl methyl sites for hydroxylation is 3. The maximum atomic E-state index is 4.88. The Hall–Kier alpha value is -3.33. The van der Waals surface area contributed by atoms with Gasteiger partial charge in [-0.05, 0) is 67.3 Å². The van der Waals surface area contributed by atoms with Gasteiger partial charge in [0.2, 0.25) is 5.95 Å². The van der Waals surface area contributed by atoms with Gasteiger partial charge >= 0.3 is 0 Å². The van der Waals surface area contributed by atoms with E-state index in [9.17, 15) is 0 Å². The average molecular weight is 365 g/mol. The van der Waals surface area contributed by atoms with E-state index in [2.05, 4.69) is 97.4 Å². The summed E-state index contributed by atoms with van der Waals surface area (Å²) in [6.45, 7) is 6.46. The van der Waals surface area contributed by atoms with Crippen LogP contribution in [0.4, 0.5) is 5.95 Å². The fourth-order valence-corrected chi connectivity index (χ4v) is 3.99. The molecule has 0 saturated heterocycles. The summed E-state index contributed by atoms with van der Waals surface area (Å²) in [5, 5.41) is 3.58. The highest BCUT2D eigenvalue weighted by atomic mass is 15.2. The van der Waals surface area contributed by atoms with Crippen molar-refractivity contribution in [1.29, 1.82) is 0 Å². The minimum atomic E-state index is 0.0974.